The molecule has 2 nitrogen and oxygen atoms in total. The van der Waals surface area contributed by atoms with Gasteiger partial charge in [-0.1, -0.05) is 178 Å². The van der Waals surface area contributed by atoms with Gasteiger partial charge in [0, 0.05) is 27.6 Å². The van der Waals surface area contributed by atoms with Crippen LogP contribution < -0.4 is 4.90 Å². The third-order valence-corrected chi connectivity index (χ3v) is 11.7. The van der Waals surface area contributed by atoms with E-state index in [1.165, 1.54) is 49.7 Å². The molecule has 0 spiro atoms. The Morgan fingerprint density at radius 1 is 0.407 bits per heavy atom. The summed E-state index contributed by atoms with van der Waals surface area (Å²) < 4.78 is 6.18. The SMILES string of the molecule is Cc1cccc(-c2cc(C(C)(C)C)ccc2N(c2ccc(-c3ccc4oc5ccccc5c4c3)cc2)c2ccccc2-c2cccc3cccc(-c4ccccc4)c23)c1. The smallest absolute Gasteiger partial charge is 0.135 e. The Balaban J connectivity index is 1.20. The molecule has 0 bridgehead atoms. The van der Waals surface area contributed by atoms with Crippen molar-refractivity contribution >= 4 is 49.8 Å². The highest BCUT2D eigenvalue weighted by atomic mass is 16.3. The molecule has 0 aliphatic rings. The second kappa shape index (κ2) is 14.7. The van der Waals surface area contributed by atoms with Crippen LogP contribution in [0.15, 0.2) is 205 Å². The predicted molar refractivity (Wildman–Crippen MR) is 251 cm³/mol. The Bertz CT molecular complexity index is 3140. The van der Waals surface area contributed by atoms with E-state index >= 15 is 0 Å². The van der Waals surface area contributed by atoms with Crippen molar-refractivity contribution in [2.75, 3.05) is 4.90 Å². The third-order valence-electron chi connectivity index (χ3n) is 11.7. The second-order valence-corrected chi connectivity index (χ2v) is 16.6. The summed E-state index contributed by atoms with van der Waals surface area (Å²) in [6, 6.07) is 72.9. The van der Waals surface area contributed by atoms with E-state index < -0.39 is 0 Å². The van der Waals surface area contributed by atoms with Crippen LogP contribution in [0.4, 0.5) is 17.1 Å². The first-order valence-corrected chi connectivity index (χ1v) is 20.5. The Hall–Kier alpha value is -7.16. The minimum absolute atomic E-state index is 0.0281. The van der Waals surface area contributed by atoms with Crippen molar-refractivity contribution in [2.24, 2.45) is 0 Å². The zero-order valence-electron chi connectivity index (χ0n) is 33.9. The van der Waals surface area contributed by atoms with Crippen molar-refractivity contribution < 1.29 is 4.42 Å². The summed E-state index contributed by atoms with van der Waals surface area (Å²) in [7, 11) is 0. The monoisotopic (exact) mass is 759 g/mol. The van der Waals surface area contributed by atoms with Crippen LogP contribution in [-0.2, 0) is 5.41 Å². The number of hydrogen-bond acceptors (Lipinski definition) is 2. The number of anilines is 3. The van der Waals surface area contributed by atoms with Gasteiger partial charge in [-0.15, -0.1) is 0 Å². The van der Waals surface area contributed by atoms with Gasteiger partial charge in [0.2, 0.25) is 0 Å². The maximum atomic E-state index is 6.18. The van der Waals surface area contributed by atoms with Gasteiger partial charge in [-0.2, -0.15) is 0 Å². The number of rotatable bonds is 7. The van der Waals surface area contributed by atoms with E-state index in [-0.39, 0.29) is 5.41 Å². The molecule has 10 aromatic rings. The van der Waals surface area contributed by atoms with Gasteiger partial charge in [0.15, 0.2) is 0 Å². The van der Waals surface area contributed by atoms with E-state index in [1.54, 1.807) is 0 Å². The van der Waals surface area contributed by atoms with Crippen LogP contribution in [0.1, 0.15) is 31.9 Å². The van der Waals surface area contributed by atoms with E-state index in [0.29, 0.717) is 0 Å². The van der Waals surface area contributed by atoms with Gasteiger partial charge >= 0.3 is 0 Å². The highest BCUT2D eigenvalue weighted by molar-refractivity contribution is 6.09. The standard InChI is InChI=1S/C57H45NO/c1-38-15-12-20-43(35-38)50-37-44(57(2,3)4)30-33-53(50)58(45-31-27-39(28-32-45)42-29-34-55-51(36-42)48-22-9-11-26-54(48)59-55)52-25-10-8-21-47(52)49-24-14-19-41-18-13-23-46(56(41)49)40-16-6-5-7-17-40/h5-37H,1-4H3. The molecule has 1 aromatic heterocycles. The van der Waals surface area contributed by atoms with E-state index in [0.717, 1.165) is 55.7 Å². The molecule has 1 heterocycles. The fraction of sp³-hybridized carbons (Fsp3) is 0.0877. The molecule has 0 amide bonds. The van der Waals surface area contributed by atoms with E-state index in [1.807, 2.05) is 12.1 Å². The lowest BCUT2D eigenvalue weighted by Crippen LogP contribution is -2.15. The molecule has 284 valence electrons. The van der Waals surface area contributed by atoms with Gasteiger partial charge in [0.05, 0.1) is 11.4 Å². The third kappa shape index (κ3) is 6.67. The van der Waals surface area contributed by atoms with Crippen molar-refractivity contribution in [2.45, 2.75) is 33.1 Å². The number of benzene rings is 9. The first-order chi connectivity index (χ1) is 28.8. The lowest BCUT2D eigenvalue weighted by atomic mass is 9.84. The summed E-state index contributed by atoms with van der Waals surface area (Å²) in [4.78, 5) is 2.47. The van der Waals surface area contributed by atoms with Crippen molar-refractivity contribution in [1.82, 2.24) is 0 Å². The predicted octanol–water partition coefficient (Wildman–Crippen LogP) is 16.5. The first kappa shape index (κ1) is 36.2. The maximum absolute atomic E-state index is 6.18. The molecule has 9 aromatic carbocycles. The van der Waals surface area contributed by atoms with Gasteiger partial charge in [-0.25, -0.2) is 0 Å². The average molecular weight is 760 g/mol. The number of fused-ring (bicyclic) bond motifs is 4. The average Bonchev–Trinajstić information content (AvgIpc) is 3.65. The molecule has 0 aliphatic carbocycles. The van der Waals surface area contributed by atoms with Crippen LogP contribution in [0.2, 0.25) is 0 Å². The van der Waals surface area contributed by atoms with Crippen molar-refractivity contribution in [3.8, 4) is 44.5 Å². The van der Waals surface area contributed by atoms with Crippen LogP contribution in [-0.4, -0.2) is 0 Å². The molecular formula is C57H45NO. The Morgan fingerprint density at radius 2 is 1.05 bits per heavy atom. The molecule has 0 atom stereocenters. The number of hydrogen-bond donors (Lipinski definition) is 0. The summed E-state index contributed by atoms with van der Waals surface area (Å²) in [5.74, 6) is 0. The number of aryl methyl sites for hydroxylation is 1. The van der Waals surface area contributed by atoms with Crippen molar-refractivity contribution in [3.05, 3.63) is 211 Å². The largest absolute Gasteiger partial charge is 0.456 e. The van der Waals surface area contributed by atoms with Crippen LogP contribution in [0.3, 0.4) is 0 Å². The maximum Gasteiger partial charge on any atom is 0.135 e. The van der Waals surface area contributed by atoms with Gasteiger partial charge in [0.1, 0.15) is 11.2 Å². The minimum atomic E-state index is -0.0281. The Labute approximate surface area is 346 Å². The van der Waals surface area contributed by atoms with Gasteiger partial charge in [-0.3, -0.25) is 0 Å². The lowest BCUT2D eigenvalue weighted by Gasteiger charge is -2.31. The summed E-state index contributed by atoms with van der Waals surface area (Å²) in [6.45, 7) is 9.06. The molecule has 0 saturated heterocycles. The molecule has 59 heavy (non-hydrogen) atoms. The highest BCUT2D eigenvalue weighted by Gasteiger charge is 2.24. The molecular weight excluding hydrogens is 715 g/mol. The Morgan fingerprint density at radius 3 is 1.85 bits per heavy atom. The second-order valence-electron chi connectivity index (χ2n) is 16.6. The summed E-state index contributed by atoms with van der Waals surface area (Å²) in [5, 5.41) is 4.72. The summed E-state index contributed by atoms with van der Waals surface area (Å²) >= 11 is 0. The van der Waals surface area contributed by atoms with Gasteiger partial charge < -0.3 is 9.32 Å². The fourth-order valence-electron chi connectivity index (χ4n) is 8.68. The van der Waals surface area contributed by atoms with Crippen LogP contribution in [0.25, 0.3) is 77.2 Å². The molecule has 0 fully saturated rings. The molecule has 10 rings (SSSR count). The van der Waals surface area contributed by atoms with Crippen LogP contribution in [0.5, 0.6) is 0 Å². The Kier molecular flexibility index (Phi) is 8.99. The number of para-hydroxylation sites is 2. The van der Waals surface area contributed by atoms with E-state index in [4.69, 9.17) is 4.42 Å². The van der Waals surface area contributed by atoms with Crippen LogP contribution in [0, 0.1) is 6.92 Å². The number of furan rings is 1. The van der Waals surface area contributed by atoms with Crippen LogP contribution >= 0.6 is 0 Å². The summed E-state index contributed by atoms with van der Waals surface area (Å²) in [5.41, 5.74) is 17.1. The zero-order valence-corrected chi connectivity index (χ0v) is 33.9. The first-order valence-electron chi connectivity index (χ1n) is 20.5. The summed E-state index contributed by atoms with van der Waals surface area (Å²) in [6.07, 6.45) is 0. The number of nitrogens with zero attached hydrogens (tertiary/aromatic N) is 1. The van der Waals surface area contributed by atoms with Gasteiger partial charge in [-0.05, 0) is 111 Å². The lowest BCUT2D eigenvalue weighted by molar-refractivity contribution is 0.590. The van der Waals surface area contributed by atoms with Crippen molar-refractivity contribution in [1.29, 1.82) is 0 Å². The van der Waals surface area contributed by atoms with Gasteiger partial charge in [0.25, 0.3) is 0 Å². The topological polar surface area (TPSA) is 16.4 Å². The zero-order chi connectivity index (χ0) is 40.1. The van der Waals surface area contributed by atoms with Crippen molar-refractivity contribution in [3.63, 3.8) is 0 Å². The molecule has 0 radical (unpaired) electrons. The molecule has 0 saturated carbocycles. The molecule has 0 unspecified atom stereocenters. The molecule has 2 heteroatoms. The van der Waals surface area contributed by atoms with E-state index in [2.05, 4.69) is 221 Å². The normalized spacial score (nSPS) is 11.7. The van der Waals surface area contributed by atoms with E-state index in [9.17, 15) is 0 Å². The fourth-order valence-corrected chi connectivity index (χ4v) is 8.68. The highest BCUT2D eigenvalue weighted by Crippen LogP contribution is 2.48. The molecule has 0 aliphatic heterocycles. The molecule has 0 N–H and O–H groups in total. The minimum Gasteiger partial charge on any atom is -0.456 e. The quantitative estimate of drug-likeness (QED) is 0.161.